The number of benzene rings is 1. The zero-order chi connectivity index (χ0) is 27.4. The van der Waals surface area contributed by atoms with E-state index in [9.17, 15) is 0 Å². The first-order chi connectivity index (χ1) is 18.5. The number of nitrogens with zero attached hydrogens (tertiary/aromatic N) is 5. The molecule has 5 heterocycles. The summed E-state index contributed by atoms with van der Waals surface area (Å²) in [4.78, 5) is 19.5. The van der Waals surface area contributed by atoms with Crippen LogP contribution in [-0.4, -0.2) is 59.5 Å². The van der Waals surface area contributed by atoms with Gasteiger partial charge in [-0.15, -0.1) is 0 Å². The molecule has 9 heteroatoms. The standard InChI is InChI=1S/C30H39N7O2/c1-28(2)17-24-30(5,19-39-28)22-18-32-27(33-20-9-11-21(12-10-20)36-13-15-38-16-14-36)35-26(22)37(24)25-8-6-7-23(34-25)29(3,4)31/h6-12,18,24H,13-17,19,31H2,1-5H3,(H,32,33,35)/t24-,30-/m1/s1. The van der Waals surface area contributed by atoms with Crippen molar-refractivity contribution >= 4 is 29.0 Å². The number of hydrogen-bond acceptors (Lipinski definition) is 9. The summed E-state index contributed by atoms with van der Waals surface area (Å²) >= 11 is 0. The average molecular weight is 530 g/mol. The van der Waals surface area contributed by atoms with E-state index < -0.39 is 5.54 Å². The predicted molar refractivity (Wildman–Crippen MR) is 154 cm³/mol. The molecule has 3 aromatic rings. The molecule has 0 amide bonds. The minimum absolute atomic E-state index is 0.122. The molecule has 3 aliphatic heterocycles. The molecule has 1 aromatic carbocycles. The van der Waals surface area contributed by atoms with Gasteiger partial charge < -0.3 is 30.3 Å². The zero-order valence-corrected chi connectivity index (χ0v) is 23.6. The molecule has 0 aliphatic carbocycles. The van der Waals surface area contributed by atoms with Gasteiger partial charge in [-0.2, -0.15) is 4.98 Å². The molecule has 3 N–H and O–H groups in total. The van der Waals surface area contributed by atoms with Gasteiger partial charge in [-0.25, -0.2) is 9.97 Å². The van der Waals surface area contributed by atoms with E-state index in [1.165, 1.54) is 5.69 Å². The zero-order valence-electron chi connectivity index (χ0n) is 23.6. The SMILES string of the molecule is CC1(C)C[C@H]2N(c3cccc(C(C)(C)N)n3)c3nc(Nc4ccc(N5CCOCC5)cc4)ncc3[C@@]2(C)CO1. The Bertz CT molecular complexity index is 1350. The van der Waals surface area contributed by atoms with Gasteiger partial charge in [0.15, 0.2) is 0 Å². The summed E-state index contributed by atoms with van der Waals surface area (Å²) in [6.07, 6.45) is 2.79. The number of anilines is 5. The topological polar surface area (TPSA) is 102 Å². The van der Waals surface area contributed by atoms with Crippen LogP contribution in [0.5, 0.6) is 0 Å². The summed E-state index contributed by atoms with van der Waals surface area (Å²) in [5.74, 6) is 2.26. The number of nitrogens with two attached hydrogens (primary N) is 1. The lowest BCUT2D eigenvalue weighted by Gasteiger charge is -2.46. The van der Waals surface area contributed by atoms with Gasteiger partial charge in [0.05, 0.1) is 42.7 Å². The Balaban J connectivity index is 1.35. The van der Waals surface area contributed by atoms with Gasteiger partial charge in [-0.05, 0) is 70.5 Å². The van der Waals surface area contributed by atoms with E-state index in [2.05, 4.69) is 60.2 Å². The van der Waals surface area contributed by atoms with Crippen LogP contribution >= 0.6 is 0 Å². The highest BCUT2D eigenvalue weighted by Gasteiger charge is 2.55. The van der Waals surface area contributed by atoms with E-state index in [-0.39, 0.29) is 17.1 Å². The summed E-state index contributed by atoms with van der Waals surface area (Å²) in [5.41, 5.74) is 9.42. The quantitative estimate of drug-likeness (QED) is 0.490. The number of nitrogens with one attached hydrogen (secondary N) is 1. The van der Waals surface area contributed by atoms with Gasteiger partial charge in [0.2, 0.25) is 5.95 Å². The van der Waals surface area contributed by atoms with Gasteiger partial charge >= 0.3 is 0 Å². The third kappa shape index (κ3) is 4.83. The molecule has 206 valence electrons. The molecule has 9 nitrogen and oxygen atoms in total. The van der Waals surface area contributed by atoms with Crippen molar-refractivity contribution in [2.75, 3.05) is 48.0 Å². The highest BCUT2D eigenvalue weighted by Crippen LogP contribution is 2.53. The maximum absolute atomic E-state index is 6.44. The van der Waals surface area contributed by atoms with E-state index in [4.69, 9.17) is 30.2 Å². The monoisotopic (exact) mass is 529 g/mol. The third-order valence-electron chi connectivity index (χ3n) is 8.25. The summed E-state index contributed by atoms with van der Waals surface area (Å²) in [5, 5.41) is 3.42. The molecule has 39 heavy (non-hydrogen) atoms. The summed E-state index contributed by atoms with van der Waals surface area (Å²) < 4.78 is 11.8. The minimum Gasteiger partial charge on any atom is -0.378 e. The van der Waals surface area contributed by atoms with Gasteiger partial charge in [0.1, 0.15) is 11.6 Å². The van der Waals surface area contributed by atoms with Crippen molar-refractivity contribution in [1.29, 1.82) is 0 Å². The lowest BCUT2D eigenvalue weighted by molar-refractivity contribution is -0.0893. The lowest BCUT2D eigenvalue weighted by atomic mass is 9.73. The highest BCUT2D eigenvalue weighted by atomic mass is 16.5. The summed E-state index contributed by atoms with van der Waals surface area (Å²) in [6.45, 7) is 14.5. The van der Waals surface area contributed by atoms with E-state index in [0.29, 0.717) is 12.6 Å². The molecule has 0 radical (unpaired) electrons. The van der Waals surface area contributed by atoms with Crippen LogP contribution in [-0.2, 0) is 20.4 Å². The molecular weight excluding hydrogens is 490 g/mol. The van der Waals surface area contributed by atoms with Crippen molar-refractivity contribution in [2.45, 2.75) is 63.6 Å². The van der Waals surface area contributed by atoms with Crippen LogP contribution in [0.25, 0.3) is 0 Å². The molecular formula is C30H39N7O2. The number of fused-ring (bicyclic) bond motifs is 3. The molecule has 6 rings (SSSR count). The van der Waals surface area contributed by atoms with Crippen LogP contribution in [0, 0.1) is 0 Å². The normalized spacial score (nSPS) is 24.3. The molecule has 2 aromatic heterocycles. The summed E-state index contributed by atoms with van der Waals surface area (Å²) in [7, 11) is 0. The number of rotatable bonds is 5. The fourth-order valence-corrected chi connectivity index (χ4v) is 5.88. The first-order valence-corrected chi connectivity index (χ1v) is 13.8. The van der Waals surface area contributed by atoms with E-state index in [1.54, 1.807) is 0 Å². The number of morpholine rings is 1. The fourth-order valence-electron chi connectivity index (χ4n) is 5.88. The summed E-state index contributed by atoms with van der Waals surface area (Å²) in [6, 6.07) is 14.6. The predicted octanol–water partition coefficient (Wildman–Crippen LogP) is 4.62. The first kappa shape index (κ1) is 26.0. The Morgan fingerprint density at radius 3 is 2.49 bits per heavy atom. The number of ether oxygens (including phenoxy) is 2. The lowest BCUT2D eigenvalue weighted by Crippen LogP contribution is -2.54. The molecule has 0 bridgehead atoms. The number of aromatic nitrogens is 3. The Kier molecular flexibility index (Phi) is 6.28. The molecule has 0 spiro atoms. The molecule has 0 unspecified atom stereocenters. The van der Waals surface area contributed by atoms with Crippen molar-refractivity contribution in [1.82, 2.24) is 15.0 Å². The Hall–Kier alpha value is -3.27. The molecule has 3 aliphatic rings. The maximum Gasteiger partial charge on any atom is 0.229 e. The van der Waals surface area contributed by atoms with Gasteiger partial charge in [-0.3, -0.25) is 0 Å². The second-order valence-corrected chi connectivity index (χ2v) is 12.4. The largest absolute Gasteiger partial charge is 0.378 e. The van der Waals surface area contributed by atoms with Crippen LogP contribution in [0.1, 0.15) is 52.3 Å². The van der Waals surface area contributed by atoms with Crippen molar-refractivity contribution < 1.29 is 9.47 Å². The third-order valence-corrected chi connectivity index (χ3v) is 8.25. The van der Waals surface area contributed by atoms with Crippen LogP contribution < -0.4 is 20.9 Å². The number of hydrogen-bond donors (Lipinski definition) is 2. The van der Waals surface area contributed by atoms with E-state index >= 15 is 0 Å². The minimum atomic E-state index is -0.553. The van der Waals surface area contributed by atoms with E-state index in [1.807, 2.05) is 38.2 Å². The molecule has 2 atom stereocenters. The van der Waals surface area contributed by atoms with Gasteiger partial charge in [0, 0.05) is 41.6 Å². The Labute approximate surface area is 230 Å². The van der Waals surface area contributed by atoms with Crippen LogP contribution in [0.4, 0.5) is 29.0 Å². The molecule has 2 saturated heterocycles. The van der Waals surface area contributed by atoms with Crippen molar-refractivity contribution in [3.63, 3.8) is 0 Å². The second kappa shape index (κ2) is 9.43. The fraction of sp³-hybridized carbons (Fsp3) is 0.500. The Morgan fingerprint density at radius 2 is 1.77 bits per heavy atom. The second-order valence-electron chi connectivity index (χ2n) is 12.4. The van der Waals surface area contributed by atoms with Crippen molar-refractivity contribution in [3.8, 4) is 0 Å². The Morgan fingerprint density at radius 1 is 1.03 bits per heavy atom. The van der Waals surface area contributed by atoms with Crippen LogP contribution in [0.3, 0.4) is 0 Å². The average Bonchev–Trinajstić information content (AvgIpc) is 3.16. The first-order valence-electron chi connectivity index (χ1n) is 13.8. The van der Waals surface area contributed by atoms with E-state index in [0.717, 1.165) is 61.3 Å². The maximum atomic E-state index is 6.44. The smallest absolute Gasteiger partial charge is 0.229 e. The van der Waals surface area contributed by atoms with Crippen molar-refractivity contribution in [3.05, 3.63) is 59.9 Å². The van der Waals surface area contributed by atoms with Gasteiger partial charge in [0.25, 0.3) is 0 Å². The highest BCUT2D eigenvalue weighted by molar-refractivity contribution is 5.71. The number of pyridine rings is 1. The van der Waals surface area contributed by atoms with Crippen molar-refractivity contribution in [2.24, 2.45) is 5.73 Å². The van der Waals surface area contributed by atoms with Crippen LogP contribution in [0.2, 0.25) is 0 Å². The van der Waals surface area contributed by atoms with Crippen LogP contribution in [0.15, 0.2) is 48.7 Å². The molecule has 0 saturated carbocycles. The van der Waals surface area contributed by atoms with Gasteiger partial charge in [-0.1, -0.05) is 13.0 Å². The molecule has 2 fully saturated rings.